The largest absolute Gasteiger partial charge is 0.346 e. The van der Waals surface area contributed by atoms with E-state index in [9.17, 15) is 4.79 Å². The van der Waals surface area contributed by atoms with E-state index in [0.717, 1.165) is 40.3 Å². The van der Waals surface area contributed by atoms with Gasteiger partial charge in [-0.05, 0) is 48.2 Å². The molecule has 1 amide bonds. The van der Waals surface area contributed by atoms with Gasteiger partial charge in [-0.1, -0.05) is 73.1 Å². The van der Waals surface area contributed by atoms with Crippen LogP contribution in [-0.4, -0.2) is 15.5 Å². The van der Waals surface area contributed by atoms with Gasteiger partial charge in [-0.3, -0.25) is 4.79 Å². The van der Waals surface area contributed by atoms with Crippen molar-refractivity contribution in [1.82, 2.24) is 14.9 Å². The Kier molecular flexibility index (Phi) is 6.68. The third-order valence-corrected chi connectivity index (χ3v) is 5.73. The summed E-state index contributed by atoms with van der Waals surface area (Å²) in [5, 5.41) is 3.93. The normalized spacial score (nSPS) is 12.1. The number of para-hydroxylation sites is 2. The maximum atomic E-state index is 12.7. The molecule has 1 atom stereocenters. The first-order valence-corrected chi connectivity index (χ1v) is 11.0. The van der Waals surface area contributed by atoms with Gasteiger partial charge in [0, 0.05) is 18.0 Å². The van der Waals surface area contributed by atoms with Crippen LogP contribution in [-0.2, 0) is 17.8 Å². The minimum atomic E-state index is -0.150. The minimum absolute atomic E-state index is 0.0424. The number of hydrogen-bond donors (Lipinski definition) is 1. The quantitative estimate of drug-likeness (QED) is 0.375. The number of halogens is 1. The Bertz CT molecular complexity index is 1150. The van der Waals surface area contributed by atoms with Crippen LogP contribution in [0.4, 0.5) is 0 Å². The van der Waals surface area contributed by atoms with E-state index in [0.29, 0.717) is 13.0 Å². The highest BCUT2D eigenvalue weighted by atomic mass is 35.5. The summed E-state index contributed by atoms with van der Waals surface area (Å²) in [6.45, 7) is 2.75. The second-order valence-corrected chi connectivity index (χ2v) is 8.12. The molecule has 0 saturated heterocycles. The first kappa shape index (κ1) is 21.1. The summed E-state index contributed by atoms with van der Waals surface area (Å²) in [4.78, 5) is 17.6. The zero-order chi connectivity index (χ0) is 21.6. The molecule has 1 N–H and O–H groups in total. The van der Waals surface area contributed by atoms with Crippen LogP contribution in [0, 0.1) is 0 Å². The fourth-order valence-corrected chi connectivity index (χ4v) is 3.94. The lowest BCUT2D eigenvalue weighted by Gasteiger charge is -2.19. The summed E-state index contributed by atoms with van der Waals surface area (Å²) in [6, 6.07) is 25.9. The second kappa shape index (κ2) is 9.80. The molecule has 4 aromatic rings. The van der Waals surface area contributed by atoms with Crippen molar-refractivity contribution in [1.29, 1.82) is 0 Å². The average molecular weight is 432 g/mol. The summed E-state index contributed by atoms with van der Waals surface area (Å²) >= 11 is 6.06. The number of benzene rings is 3. The Balaban J connectivity index is 1.57. The molecule has 0 aliphatic carbocycles. The van der Waals surface area contributed by atoms with E-state index in [1.54, 1.807) is 0 Å². The van der Waals surface area contributed by atoms with Gasteiger partial charge in [-0.2, -0.15) is 0 Å². The number of carbonyl (C=O) groups is 1. The van der Waals surface area contributed by atoms with Crippen LogP contribution in [0.15, 0.2) is 78.9 Å². The van der Waals surface area contributed by atoms with Crippen molar-refractivity contribution in [2.24, 2.45) is 0 Å². The van der Waals surface area contributed by atoms with Gasteiger partial charge in [0.25, 0.3) is 0 Å². The van der Waals surface area contributed by atoms with Gasteiger partial charge in [-0.25, -0.2) is 4.98 Å². The molecule has 0 radical (unpaired) electrons. The number of amides is 1. The lowest BCUT2D eigenvalue weighted by molar-refractivity contribution is -0.121. The summed E-state index contributed by atoms with van der Waals surface area (Å²) in [5.41, 5.74) is 4.30. The van der Waals surface area contributed by atoms with Crippen molar-refractivity contribution in [3.8, 4) is 0 Å². The molecule has 0 aliphatic rings. The SMILES string of the molecule is CCC(NC(=O)CCc1ccccc1)c1nc2ccccc2n1Cc1ccc(Cl)cc1. The Hall–Kier alpha value is -3.11. The summed E-state index contributed by atoms with van der Waals surface area (Å²) in [7, 11) is 0. The molecule has 0 fully saturated rings. The fraction of sp³-hybridized carbons (Fsp3) is 0.231. The molecular formula is C26H26ClN3O. The molecule has 0 bridgehead atoms. The third-order valence-electron chi connectivity index (χ3n) is 5.48. The Morgan fingerprint density at radius 2 is 1.68 bits per heavy atom. The molecule has 1 unspecified atom stereocenters. The zero-order valence-electron chi connectivity index (χ0n) is 17.6. The van der Waals surface area contributed by atoms with Crippen molar-refractivity contribution >= 4 is 28.5 Å². The smallest absolute Gasteiger partial charge is 0.220 e. The van der Waals surface area contributed by atoms with Crippen molar-refractivity contribution in [3.05, 3.63) is 101 Å². The van der Waals surface area contributed by atoms with Gasteiger partial charge < -0.3 is 9.88 Å². The van der Waals surface area contributed by atoms with Crippen LogP contribution < -0.4 is 5.32 Å². The van der Waals surface area contributed by atoms with Crippen LogP contribution >= 0.6 is 11.6 Å². The molecule has 3 aromatic carbocycles. The lowest BCUT2D eigenvalue weighted by Crippen LogP contribution is -2.30. The van der Waals surface area contributed by atoms with Crippen molar-refractivity contribution in [3.63, 3.8) is 0 Å². The second-order valence-electron chi connectivity index (χ2n) is 7.69. The number of carbonyl (C=O) groups excluding carboxylic acids is 1. The molecule has 0 saturated carbocycles. The first-order valence-electron chi connectivity index (χ1n) is 10.7. The fourth-order valence-electron chi connectivity index (χ4n) is 3.82. The number of nitrogens with one attached hydrogen (secondary N) is 1. The number of nitrogens with zero attached hydrogens (tertiary/aromatic N) is 2. The number of rotatable bonds is 8. The molecule has 1 aromatic heterocycles. The van der Waals surface area contributed by atoms with Crippen molar-refractivity contribution in [2.75, 3.05) is 0 Å². The maximum absolute atomic E-state index is 12.7. The van der Waals surface area contributed by atoms with Crippen LogP contribution in [0.5, 0.6) is 0 Å². The van der Waals surface area contributed by atoms with Gasteiger partial charge in [-0.15, -0.1) is 0 Å². The van der Waals surface area contributed by atoms with Crippen LogP contribution in [0.3, 0.4) is 0 Å². The van der Waals surface area contributed by atoms with Gasteiger partial charge >= 0.3 is 0 Å². The Morgan fingerprint density at radius 3 is 2.42 bits per heavy atom. The molecule has 1 heterocycles. The van der Waals surface area contributed by atoms with Crippen LogP contribution in [0.1, 0.15) is 42.8 Å². The van der Waals surface area contributed by atoms with Crippen molar-refractivity contribution < 1.29 is 4.79 Å². The van der Waals surface area contributed by atoms with Gasteiger partial charge in [0.2, 0.25) is 5.91 Å². The molecule has 5 heteroatoms. The van der Waals surface area contributed by atoms with E-state index in [1.165, 1.54) is 5.56 Å². The average Bonchev–Trinajstić information content (AvgIpc) is 3.16. The van der Waals surface area contributed by atoms with E-state index in [2.05, 4.69) is 35.0 Å². The highest BCUT2D eigenvalue weighted by Gasteiger charge is 2.21. The zero-order valence-corrected chi connectivity index (χ0v) is 18.3. The van der Waals surface area contributed by atoms with Crippen LogP contribution in [0.2, 0.25) is 5.02 Å². The summed E-state index contributed by atoms with van der Waals surface area (Å²) < 4.78 is 2.20. The monoisotopic (exact) mass is 431 g/mol. The molecule has 4 nitrogen and oxygen atoms in total. The van der Waals surface area contributed by atoms with E-state index in [4.69, 9.17) is 16.6 Å². The third kappa shape index (κ3) is 5.15. The highest BCUT2D eigenvalue weighted by Crippen LogP contribution is 2.25. The van der Waals surface area contributed by atoms with E-state index >= 15 is 0 Å². The lowest BCUT2D eigenvalue weighted by atomic mass is 10.1. The van der Waals surface area contributed by atoms with Crippen molar-refractivity contribution in [2.45, 2.75) is 38.8 Å². The topological polar surface area (TPSA) is 46.9 Å². The number of fused-ring (bicyclic) bond motifs is 1. The molecule has 4 rings (SSSR count). The highest BCUT2D eigenvalue weighted by molar-refractivity contribution is 6.30. The molecule has 0 spiro atoms. The van der Waals surface area contributed by atoms with Gasteiger partial charge in [0.15, 0.2) is 0 Å². The molecular weight excluding hydrogens is 406 g/mol. The minimum Gasteiger partial charge on any atom is -0.346 e. The number of imidazole rings is 1. The Labute approximate surface area is 187 Å². The number of aryl methyl sites for hydroxylation is 1. The predicted molar refractivity (Wildman–Crippen MR) is 126 cm³/mol. The molecule has 0 aliphatic heterocycles. The summed E-state index contributed by atoms with van der Waals surface area (Å²) in [6.07, 6.45) is 1.95. The summed E-state index contributed by atoms with van der Waals surface area (Å²) in [5.74, 6) is 0.924. The van der Waals surface area contributed by atoms with Gasteiger partial charge in [0.1, 0.15) is 5.82 Å². The standard InChI is InChI=1S/C26H26ClN3O/c1-2-22(28-25(31)17-14-19-8-4-3-5-9-19)26-29-23-10-6-7-11-24(23)30(26)18-20-12-15-21(27)16-13-20/h3-13,15-16,22H,2,14,17-18H2,1H3,(H,28,31). The number of aromatic nitrogens is 2. The van der Waals surface area contributed by atoms with Gasteiger partial charge in [0.05, 0.1) is 17.1 Å². The van der Waals surface area contributed by atoms with E-state index < -0.39 is 0 Å². The van der Waals surface area contributed by atoms with E-state index in [-0.39, 0.29) is 11.9 Å². The van der Waals surface area contributed by atoms with Crippen LogP contribution in [0.25, 0.3) is 11.0 Å². The molecule has 31 heavy (non-hydrogen) atoms. The number of hydrogen-bond acceptors (Lipinski definition) is 2. The Morgan fingerprint density at radius 1 is 0.968 bits per heavy atom. The predicted octanol–water partition coefficient (Wildman–Crippen LogP) is 5.94. The molecule has 158 valence electrons. The van der Waals surface area contributed by atoms with E-state index in [1.807, 2.05) is 60.7 Å². The maximum Gasteiger partial charge on any atom is 0.220 e. The first-order chi connectivity index (χ1) is 15.1.